The molecule has 0 aromatic heterocycles. The van der Waals surface area contributed by atoms with Gasteiger partial charge in [0.25, 0.3) is 0 Å². The Morgan fingerprint density at radius 1 is 1.02 bits per heavy atom. The van der Waals surface area contributed by atoms with Crippen molar-refractivity contribution in [2.24, 2.45) is 23.2 Å². The molecule has 0 spiro atoms. The minimum atomic E-state index is -4.20. The molecule has 8 heteroatoms. The van der Waals surface area contributed by atoms with E-state index in [0.717, 1.165) is 31.3 Å². The monoisotopic (exact) mass is 640 g/mol. The molecule has 0 saturated heterocycles. The lowest BCUT2D eigenvalue weighted by molar-refractivity contribution is -0.0412. The number of fused-ring (bicyclic) bond motifs is 1. The predicted molar refractivity (Wildman–Crippen MR) is 182 cm³/mol. The van der Waals surface area contributed by atoms with Gasteiger partial charge in [0.2, 0.25) is 0 Å². The highest BCUT2D eigenvalue weighted by Crippen LogP contribution is 2.65. The summed E-state index contributed by atoms with van der Waals surface area (Å²) in [5.41, 5.74) is -0.624. The summed E-state index contributed by atoms with van der Waals surface area (Å²) in [6.45, 7) is 19.7. The van der Waals surface area contributed by atoms with Gasteiger partial charge in [0.05, 0.1) is 11.2 Å². The van der Waals surface area contributed by atoms with Gasteiger partial charge in [-0.1, -0.05) is 95.7 Å². The van der Waals surface area contributed by atoms with E-state index < -0.39 is 34.2 Å². The van der Waals surface area contributed by atoms with Crippen LogP contribution in [0.3, 0.4) is 0 Å². The van der Waals surface area contributed by atoms with Crippen molar-refractivity contribution < 1.29 is 27.7 Å². The van der Waals surface area contributed by atoms with Crippen molar-refractivity contribution in [3.8, 4) is 11.5 Å². The first-order valence-corrected chi connectivity index (χ1v) is 20.4. The third-order valence-electron chi connectivity index (χ3n) is 9.10. The van der Waals surface area contributed by atoms with Crippen LogP contribution in [0, 0.1) is 23.2 Å². The second-order valence-electron chi connectivity index (χ2n) is 14.3. The van der Waals surface area contributed by atoms with E-state index in [1.165, 1.54) is 0 Å². The molecule has 0 aliphatic heterocycles. The van der Waals surface area contributed by atoms with Crippen molar-refractivity contribution in [1.29, 1.82) is 0 Å². The van der Waals surface area contributed by atoms with Crippen molar-refractivity contribution in [3.63, 3.8) is 0 Å². The molecule has 44 heavy (non-hydrogen) atoms. The Bertz CT molecular complexity index is 1260. The molecule has 2 aliphatic rings. The van der Waals surface area contributed by atoms with Crippen LogP contribution in [0.15, 0.2) is 85.0 Å². The molecule has 0 radical (unpaired) electrons. The first-order chi connectivity index (χ1) is 20.7. The summed E-state index contributed by atoms with van der Waals surface area (Å²) in [5.74, 6) is 1.34. The van der Waals surface area contributed by atoms with Crippen LogP contribution in [0.5, 0.6) is 11.5 Å². The second kappa shape index (κ2) is 14.1. The molecule has 2 aromatic rings. The molecule has 2 aromatic carbocycles. The van der Waals surface area contributed by atoms with Gasteiger partial charge in [-0.05, 0) is 98.7 Å². The lowest BCUT2D eigenvalue weighted by Crippen LogP contribution is -2.48. The Morgan fingerprint density at radius 3 is 2.09 bits per heavy atom. The minimum absolute atomic E-state index is 0.0182. The van der Waals surface area contributed by atoms with Gasteiger partial charge in [0.15, 0.2) is 9.04 Å². The zero-order chi connectivity index (χ0) is 32.2. The van der Waals surface area contributed by atoms with E-state index >= 15 is 0 Å². The Hall–Kier alpha value is -2.15. The van der Waals surface area contributed by atoms with Gasteiger partial charge < -0.3 is 18.6 Å². The molecule has 0 bridgehead atoms. The van der Waals surface area contributed by atoms with Gasteiger partial charge in [0.1, 0.15) is 17.6 Å². The number of phosphoric ester groups is 1. The van der Waals surface area contributed by atoms with Gasteiger partial charge in [-0.15, -0.1) is 0 Å². The van der Waals surface area contributed by atoms with Crippen LogP contribution in [0.25, 0.3) is 0 Å². The van der Waals surface area contributed by atoms with E-state index in [4.69, 9.17) is 18.0 Å². The smallest absolute Gasteiger partial charge is 0.412 e. The number of hydrogen-bond donors (Lipinski definition) is 1. The number of aliphatic hydroxyl groups is 1. The quantitative estimate of drug-likeness (QED) is 0.126. The molecule has 6 atom stereocenters. The number of allylic oxidation sites excluding steroid dienone is 1. The first kappa shape index (κ1) is 34.7. The molecule has 6 nitrogen and oxygen atoms in total. The maximum atomic E-state index is 14.6. The molecule has 1 N–H and O–H groups in total. The maximum Gasteiger partial charge on any atom is 0.588 e. The first-order valence-electron chi connectivity index (χ1n) is 16.2. The molecular weight excluding hydrogens is 587 g/mol. The summed E-state index contributed by atoms with van der Waals surface area (Å²) < 4.78 is 40.4. The van der Waals surface area contributed by atoms with E-state index in [0.29, 0.717) is 24.3 Å². The Balaban J connectivity index is 1.71. The largest absolute Gasteiger partial charge is 0.588 e. The SMILES string of the molecule is C=C1C[C@@H]2[C@H](C=CC[C@](C)(O)CCCC)[C@H](C(C)(C)C)C[C@@]2(O[SiH](C)C)C1OP(=O)(Oc1ccccc1)Oc1ccccc1. The summed E-state index contributed by atoms with van der Waals surface area (Å²) in [6, 6.07) is 18.0. The van der Waals surface area contributed by atoms with Crippen molar-refractivity contribution in [2.45, 2.75) is 104 Å². The number of benzene rings is 2. The summed E-state index contributed by atoms with van der Waals surface area (Å²) in [4.78, 5) is 0. The highest BCUT2D eigenvalue weighted by Gasteiger charge is 2.65. The van der Waals surface area contributed by atoms with Gasteiger partial charge in [-0.25, -0.2) is 4.57 Å². The molecule has 2 aliphatic carbocycles. The van der Waals surface area contributed by atoms with Crippen LogP contribution < -0.4 is 9.05 Å². The van der Waals surface area contributed by atoms with Gasteiger partial charge in [0, 0.05) is 0 Å². The number of para-hydroxylation sites is 2. The normalized spacial score (nSPS) is 27.1. The van der Waals surface area contributed by atoms with Crippen LogP contribution in [-0.2, 0) is 13.5 Å². The van der Waals surface area contributed by atoms with Crippen molar-refractivity contribution in [2.75, 3.05) is 0 Å². The maximum absolute atomic E-state index is 14.6. The van der Waals surface area contributed by atoms with Gasteiger partial charge >= 0.3 is 7.82 Å². The molecule has 2 saturated carbocycles. The fourth-order valence-electron chi connectivity index (χ4n) is 7.08. The van der Waals surface area contributed by atoms with Crippen molar-refractivity contribution >= 4 is 16.9 Å². The average Bonchev–Trinajstić information content (AvgIpc) is 3.37. The van der Waals surface area contributed by atoms with Crippen LogP contribution in [0.1, 0.15) is 73.1 Å². The zero-order valence-electron chi connectivity index (χ0n) is 27.7. The van der Waals surface area contributed by atoms with E-state index in [-0.39, 0.29) is 23.2 Å². The Morgan fingerprint density at radius 2 is 1.59 bits per heavy atom. The van der Waals surface area contributed by atoms with Gasteiger partial charge in [-0.3, -0.25) is 4.52 Å². The van der Waals surface area contributed by atoms with E-state index in [2.05, 4.69) is 59.5 Å². The highest BCUT2D eigenvalue weighted by molar-refractivity contribution is 7.49. The van der Waals surface area contributed by atoms with Gasteiger partial charge in [-0.2, -0.15) is 0 Å². The average molecular weight is 641 g/mol. The summed E-state index contributed by atoms with van der Waals surface area (Å²) in [5, 5.41) is 11.0. The second-order valence-corrected chi connectivity index (χ2v) is 18.1. The van der Waals surface area contributed by atoms with Crippen LogP contribution in [0.2, 0.25) is 13.1 Å². The number of hydrogen-bond acceptors (Lipinski definition) is 6. The lowest BCUT2D eigenvalue weighted by Gasteiger charge is -2.39. The topological polar surface area (TPSA) is 74.2 Å². The number of phosphoric acid groups is 1. The standard InChI is InChI=1S/C36H53O6PSi/c1-9-10-23-35(6,37)24-17-22-30-31-25-27(2)33(36(31,42-44(7)8)26-32(30)34(3,4)5)41-43(38,39-28-18-13-11-14-19-28)40-29-20-15-12-16-21-29/h11-22,30-33,37,44H,2,9-10,23-26H2,1,3-8H3/t30-,31+,32+,33?,35+,36-/m0/s1. The third kappa shape index (κ3) is 8.35. The Labute approximate surface area is 267 Å². The molecule has 1 unspecified atom stereocenters. The van der Waals surface area contributed by atoms with E-state index in [9.17, 15) is 9.67 Å². The molecule has 242 valence electrons. The fraction of sp³-hybridized carbons (Fsp3) is 0.556. The third-order valence-corrected chi connectivity index (χ3v) is 11.3. The minimum Gasteiger partial charge on any atom is -0.412 e. The fourth-order valence-corrected chi connectivity index (χ4v) is 9.83. The van der Waals surface area contributed by atoms with E-state index in [1.807, 2.05) is 43.3 Å². The molecule has 4 rings (SSSR count). The van der Waals surface area contributed by atoms with Crippen molar-refractivity contribution in [1.82, 2.24) is 0 Å². The Kier molecular flexibility index (Phi) is 11.1. The summed E-state index contributed by atoms with van der Waals surface area (Å²) in [6.07, 6.45) is 8.69. The van der Waals surface area contributed by atoms with E-state index in [1.54, 1.807) is 24.3 Å². The van der Waals surface area contributed by atoms with Crippen LogP contribution >= 0.6 is 7.82 Å². The summed E-state index contributed by atoms with van der Waals surface area (Å²) in [7, 11) is -5.81. The molecule has 0 heterocycles. The predicted octanol–water partition coefficient (Wildman–Crippen LogP) is 9.52. The van der Waals surface area contributed by atoms with Crippen LogP contribution in [0.4, 0.5) is 0 Å². The molecular formula is C36H53O6PSi. The van der Waals surface area contributed by atoms with Crippen LogP contribution in [-0.4, -0.2) is 31.5 Å². The summed E-state index contributed by atoms with van der Waals surface area (Å²) >= 11 is 0. The van der Waals surface area contributed by atoms with Crippen molar-refractivity contribution in [3.05, 3.63) is 85.0 Å². The molecule has 0 amide bonds. The number of unbranched alkanes of at least 4 members (excludes halogenated alkanes) is 1. The number of rotatable bonds is 14. The molecule has 2 fully saturated rings. The highest BCUT2D eigenvalue weighted by atomic mass is 31.2. The zero-order valence-corrected chi connectivity index (χ0v) is 29.7. The lowest BCUT2D eigenvalue weighted by atomic mass is 9.72.